The van der Waals surface area contributed by atoms with Gasteiger partial charge in [0.2, 0.25) is 0 Å². The summed E-state index contributed by atoms with van der Waals surface area (Å²) in [6.07, 6.45) is -6.47. The first-order valence-corrected chi connectivity index (χ1v) is 8.57. The molecule has 0 fully saturated rings. The highest BCUT2D eigenvalue weighted by Gasteiger charge is 2.95. The van der Waals surface area contributed by atoms with Crippen molar-refractivity contribution in [3.63, 3.8) is 0 Å². The van der Waals surface area contributed by atoms with Crippen LogP contribution in [0.2, 0.25) is 0 Å². The van der Waals surface area contributed by atoms with Crippen LogP contribution in [-0.2, 0) is 0 Å². The van der Waals surface area contributed by atoms with Gasteiger partial charge in [-0.2, -0.15) is 74.6 Å². The van der Waals surface area contributed by atoms with E-state index >= 15 is 0 Å². The maximum atomic E-state index is 14.5. The SMILES string of the molecule is FC(F)(F)C(F)(F)C(F)(F)C(F)(F)C(F)(F)C(F)(F)C(F)(F)C(F)(F)C1NC=Cc2ccccc21. The quantitative estimate of drug-likeness (QED) is 0.352. The smallest absolute Gasteiger partial charge is 0.379 e. The van der Waals surface area contributed by atoms with Crippen LogP contribution < -0.4 is 5.32 Å². The van der Waals surface area contributed by atoms with Crippen molar-refractivity contribution in [3.05, 3.63) is 41.6 Å². The lowest BCUT2D eigenvalue weighted by atomic mass is 9.84. The zero-order valence-corrected chi connectivity index (χ0v) is 16.0. The number of halogens is 17. The van der Waals surface area contributed by atoms with E-state index in [0.717, 1.165) is 24.3 Å². The fourth-order valence-corrected chi connectivity index (χ4v) is 2.91. The summed E-state index contributed by atoms with van der Waals surface area (Å²) in [6, 6.07) is 0.0688. The Balaban J connectivity index is 2.65. The van der Waals surface area contributed by atoms with Crippen LogP contribution in [0.3, 0.4) is 0 Å². The highest BCUT2D eigenvalue weighted by Crippen LogP contribution is 2.65. The van der Waals surface area contributed by atoms with E-state index < -0.39 is 64.8 Å². The first-order valence-electron chi connectivity index (χ1n) is 8.57. The van der Waals surface area contributed by atoms with Crippen molar-refractivity contribution < 1.29 is 74.6 Å². The third kappa shape index (κ3) is 3.60. The molecule has 0 spiro atoms. The van der Waals surface area contributed by atoms with Crippen LogP contribution in [-0.4, -0.2) is 47.6 Å². The van der Waals surface area contributed by atoms with Crippen LogP contribution in [0.1, 0.15) is 17.2 Å². The zero-order valence-electron chi connectivity index (χ0n) is 16.0. The Kier molecular flexibility index (Phi) is 6.41. The number of rotatable bonds is 7. The predicted molar refractivity (Wildman–Crippen MR) is 82.0 cm³/mol. The molecule has 0 aliphatic carbocycles. The monoisotopic (exact) mass is 549 g/mol. The second kappa shape index (κ2) is 7.78. The molecular weight excluding hydrogens is 541 g/mol. The van der Waals surface area contributed by atoms with Crippen molar-refractivity contribution in [3.8, 4) is 0 Å². The van der Waals surface area contributed by atoms with E-state index in [-0.39, 0.29) is 0 Å². The normalized spacial score (nSPS) is 18.8. The highest BCUT2D eigenvalue weighted by atomic mass is 19.4. The summed E-state index contributed by atoms with van der Waals surface area (Å²) < 4.78 is 228. The molecular formula is C17H8F17N. The summed E-state index contributed by atoms with van der Waals surface area (Å²) in [4.78, 5) is 0. The van der Waals surface area contributed by atoms with Crippen LogP contribution >= 0.6 is 0 Å². The minimum Gasteiger partial charge on any atom is -0.379 e. The van der Waals surface area contributed by atoms with Gasteiger partial charge >= 0.3 is 47.6 Å². The lowest BCUT2D eigenvalue weighted by Crippen LogP contribution is -2.75. The van der Waals surface area contributed by atoms with Gasteiger partial charge in [0.1, 0.15) is 6.04 Å². The first kappa shape index (κ1) is 28.8. The Labute approximate surface area is 182 Å². The molecule has 1 nitrogen and oxygen atoms in total. The molecule has 1 heterocycles. The standard InChI is InChI=1S/C17H8F17N/c18-10(19,9-8-4-2-1-3-7(8)5-6-35-9)11(20,21)12(22,23)13(24,25)14(26,27)15(28,29)16(30,31)17(32,33)34/h1-6,9,35H. The van der Waals surface area contributed by atoms with Crippen LogP contribution in [0.15, 0.2) is 30.5 Å². The van der Waals surface area contributed by atoms with E-state index in [2.05, 4.69) is 0 Å². The molecule has 1 unspecified atom stereocenters. The van der Waals surface area contributed by atoms with Crippen molar-refractivity contribution in [1.82, 2.24) is 5.32 Å². The minimum atomic E-state index is -8.64. The number of alkyl halides is 17. The van der Waals surface area contributed by atoms with Crippen molar-refractivity contribution in [1.29, 1.82) is 0 Å². The molecule has 0 bridgehead atoms. The van der Waals surface area contributed by atoms with Crippen molar-refractivity contribution in [2.45, 2.75) is 53.7 Å². The van der Waals surface area contributed by atoms with Gasteiger partial charge in [0.25, 0.3) is 0 Å². The lowest BCUT2D eigenvalue weighted by Gasteiger charge is -2.44. The molecule has 35 heavy (non-hydrogen) atoms. The molecule has 18 heteroatoms. The molecule has 0 radical (unpaired) electrons. The first-order chi connectivity index (χ1) is 15.3. The topological polar surface area (TPSA) is 12.0 Å². The number of nitrogens with one attached hydrogen (secondary N) is 1. The minimum absolute atomic E-state index is 0.400. The lowest BCUT2D eigenvalue weighted by molar-refractivity contribution is -0.462. The van der Waals surface area contributed by atoms with Gasteiger partial charge in [0.15, 0.2) is 0 Å². The molecule has 0 amide bonds. The fraction of sp³-hybridized carbons (Fsp3) is 0.529. The van der Waals surface area contributed by atoms with E-state index in [1.165, 1.54) is 5.32 Å². The third-order valence-corrected chi connectivity index (χ3v) is 4.94. The van der Waals surface area contributed by atoms with E-state index in [9.17, 15) is 74.6 Å². The van der Waals surface area contributed by atoms with Crippen LogP contribution in [0, 0.1) is 0 Å². The van der Waals surface area contributed by atoms with Crippen molar-refractivity contribution >= 4 is 6.08 Å². The molecule has 1 aromatic rings. The summed E-state index contributed by atoms with van der Waals surface area (Å²) in [5.74, 6) is -56.5. The Morgan fingerprint density at radius 2 is 0.914 bits per heavy atom. The maximum absolute atomic E-state index is 14.5. The highest BCUT2D eigenvalue weighted by molar-refractivity contribution is 5.57. The molecule has 1 aliphatic rings. The molecule has 1 atom stereocenters. The second-order valence-electron chi connectivity index (χ2n) is 7.13. The van der Waals surface area contributed by atoms with Gasteiger partial charge in [-0.3, -0.25) is 0 Å². The van der Waals surface area contributed by atoms with E-state index in [1.54, 1.807) is 0 Å². The van der Waals surface area contributed by atoms with E-state index in [1.807, 2.05) is 0 Å². The van der Waals surface area contributed by atoms with Gasteiger partial charge in [-0.1, -0.05) is 24.3 Å². The molecule has 1 aliphatic heterocycles. The Morgan fingerprint density at radius 1 is 0.514 bits per heavy atom. The number of hydrogen-bond donors (Lipinski definition) is 1. The Bertz CT molecular complexity index is 975. The second-order valence-corrected chi connectivity index (χ2v) is 7.13. The van der Waals surface area contributed by atoms with Gasteiger partial charge < -0.3 is 5.32 Å². The van der Waals surface area contributed by atoms with Crippen LogP contribution in [0.25, 0.3) is 6.08 Å². The summed E-state index contributed by atoms with van der Waals surface area (Å²) >= 11 is 0. The molecule has 0 saturated heterocycles. The maximum Gasteiger partial charge on any atom is 0.460 e. The summed E-state index contributed by atoms with van der Waals surface area (Å²) in [5.41, 5.74) is -1.40. The fourth-order valence-electron chi connectivity index (χ4n) is 2.91. The van der Waals surface area contributed by atoms with Crippen molar-refractivity contribution in [2.24, 2.45) is 0 Å². The largest absolute Gasteiger partial charge is 0.460 e. The van der Waals surface area contributed by atoms with Gasteiger partial charge in [0.05, 0.1) is 0 Å². The third-order valence-electron chi connectivity index (χ3n) is 4.94. The van der Waals surface area contributed by atoms with Crippen molar-refractivity contribution in [2.75, 3.05) is 0 Å². The Morgan fingerprint density at radius 3 is 1.37 bits per heavy atom. The zero-order chi connectivity index (χ0) is 27.7. The molecule has 0 saturated carbocycles. The number of benzene rings is 1. The number of hydrogen-bond acceptors (Lipinski definition) is 1. The average Bonchev–Trinajstić information content (AvgIpc) is 2.71. The van der Waals surface area contributed by atoms with Gasteiger partial charge in [-0.25, -0.2) is 0 Å². The average molecular weight is 549 g/mol. The molecule has 2 rings (SSSR count). The molecule has 1 N–H and O–H groups in total. The summed E-state index contributed by atoms with van der Waals surface area (Å²) in [5, 5.41) is 1.37. The molecule has 1 aromatic carbocycles. The van der Waals surface area contributed by atoms with Crippen LogP contribution in [0.4, 0.5) is 74.6 Å². The van der Waals surface area contributed by atoms with E-state index in [4.69, 9.17) is 0 Å². The molecule has 0 aromatic heterocycles. The Hall–Kier alpha value is -2.43. The van der Waals surface area contributed by atoms with Gasteiger partial charge in [0, 0.05) is 0 Å². The van der Waals surface area contributed by atoms with Gasteiger partial charge in [-0.05, 0) is 23.4 Å². The van der Waals surface area contributed by atoms with E-state index in [0.29, 0.717) is 12.3 Å². The van der Waals surface area contributed by atoms with Crippen LogP contribution in [0.5, 0.6) is 0 Å². The predicted octanol–water partition coefficient (Wildman–Crippen LogP) is 7.31. The molecule has 200 valence electrons. The summed E-state index contributed by atoms with van der Waals surface area (Å²) in [7, 11) is 0. The number of fused-ring (bicyclic) bond motifs is 1. The summed E-state index contributed by atoms with van der Waals surface area (Å²) in [6.45, 7) is 0. The van der Waals surface area contributed by atoms with Gasteiger partial charge in [-0.15, -0.1) is 0 Å².